The van der Waals surface area contributed by atoms with Crippen molar-refractivity contribution in [2.24, 2.45) is 0 Å². The number of nitrogens with one attached hydrogen (secondary N) is 2. The summed E-state index contributed by atoms with van der Waals surface area (Å²) in [5.41, 5.74) is 3.70. The van der Waals surface area contributed by atoms with E-state index in [1.807, 2.05) is 48.5 Å². The number of benzene rings is 2. The summed E-state index contributed by atoms with van der Waals surface area (Å²) in [5.74, 6) is -0.658. The Morgan fingerprint density at radius 2 is 1.23 bits per heavy atom. The fraction of sp³-hybridized carbons (Fsp3) is 0.333. The molecule has 0 bridgehead atoms. The van der Waals surface area contributed by atoms with E-state index in [1.54, 1.807) is 0 Å². The topological polar surface area (TPSA) is 61.4 Å². The maximum atomic E-state index is 12.1. The Hall–Kier alpha value is -2.82. The van der Waals surface area contributed by atoms with Gasteiger partial charge in [-0.05, 0) is 62.2 Å². The molecule has 0 spiro atoms. The number of hydrogen-bond donors (Lipinski definition) is 2. The summed E-state index contributed by atoms with van der Waals surface area (Å²) >= 11 is 0. The lowest BCUT2D eigenvalue weighted by Gasteiger charge is -2.21. The molecule has 0 aliphatic rings. The molecule has 2 N–H and O–H groups in total. The van der Waals surface area contributed by atoms with Crippen LogP contribution < -0.4 is 15.5 Å². The maximum absolute atomic E-state index is 12.1. The number of aryl methyl sites for hydroxylation is 1. The number of rotatable bonds is 8. The fourth-order valence-corrected chi connectivity index (χ4v) is 2.72. The number of hydrogen-bond acceptors (Lipinski definition) is 3. The van der Waals surface area contributed by atoms with E-state index < -0.39 is 0 Å². The van der Waals surface area contributed by atoms with Gasteiger partial charge in [0.15, 0.2) is 0 Å². The van der Waals surface area contributed by atoms with Crippen LogP contribution in [0, 0.1) is 0 Å². The van der Waals surface area contributed by atoms with Gasteiger partial charge >= 0.3 is 0 Å². The molecular weight excluding hydrogens is 326 g/mol. The molecule has 138 valence electrons. The second kappa shape index (κ2) is 9.61. The lowest BCUT2D eigenvalue weighted by molar-refractivity contribution is -0.123. The van der Waals surface area contributed by atoms with Gasteiger partial charge in [-0.1, -0.05) is 19.1 Å². The number of anilines is 3. The molecule has 2 amide bonds. The van der Waals surface area contributed by atoms with Gasteiger partial charge in [0.1, 0.15) is 6.42 Å². The molecule has 5 heteroatoms. The summed E-state index contributed by atoms with van der Waals surface area (Å²) in [4.78, 5) is 26.3. The van der Waals surface area contributed by atoms with Crippen LogP contribution in [0.4, 0.5) is 17.1 Å². The van der Waals surface area contributed by atoms with Crippen molar-refractivity contribution in [1.29, 1.82) is 0 Å². The van der Waals surface area contributed by atoms with Crippen LogP contribution in [-0.2, 0) is 16.0 Å². The fourth-order valence-electron chi connectivity index (χ4n) is 2.72. The Morgan fingerprint density at radius 3 is 1.65 bits per heavy atom. The molecule has 0 unspecified atom stereocenters. The van der Waals surface area contributed by atoms with E-state index in [4.69, 9.17) is 0 Å². The molecular formula is C21H27N3O2. The minimum atomic E-state index is -0.330. The Balaban J connectivity index is 1.86. The third kappa shape index (κ3) is 5.62. The van der Waals surface area contributed by atoms with Crippen molar-refractivity contribution in [2.75, 3.05) is 28.6 Å². The van der Waals surface area contributed by atoms with E-state index in [1.165, 1.54) is 5.56 Å². The van der Waals surface area contributed by atoms with Crippen LogP contribution >= 0.6 is 0 Å². The number of carbonyl (C=O) groups excluding carboxylic acids is 2. The van der Waals surface area contributed by atoms with Crippen molar-refractivity contribution >= 4 is 28.9 Å². The van der Waals surface area contributed by atoms with Crippen molar-refractivity contribution in [3.05, 3.63) is 54.1 Å². The summed E-state index contributed by atoms with van der Waals surface area (Å²) in [6.07, 6.45) is 0.733. The van der Waals surface area contributed by atoms with Gasteiger partial charge in [-0.25, -0.2) is 0 Å². The lowest BCUT2D eigenvalue weighted by atomic mass is 10.1. The molecule has 2 rings (SSSR count). The highest BCUT2D eigenvalue weighted by molar-refractivity contribution is 6.08. The van der Waals surface area contributed by atoms with Gasteiger partial charge in [0.05, 0.1) is 0 Å². The molecule has 2 aromatic rings. The van der Waals surface area contributed by atoms with Crippen LogP contribution in [0.1, 0.15) is 32.8 Å². The Bertz CT molecular complexity index is 720. The Kier molecular flexibility index (Phi) is 7.21. The first-order valence-corrected chi connectivity index (χ1v) is 9.09. The minimum absolute atomic E-state index is 0.215. The van der Waals surface area contributed by atoms with Crippen molar-refractivity contribution < 1.29 is 9.59 Å². The van der Waals surface area contributed by atoms with Gasteiger partial charge in [-0.2, -0.15) is 0 Å². The normalized spacial score (nSPS) is 10.3. The minimum Gasteiger partial charge on any atom is -0.372 e. The van der Waals surface area contributed by atoms with Gasteiger partial charge in [-0.3, -0.25) is 9.59 Å². The average Bonchev–Trinajstić information content (AvgIpc) is 2.64. The predicted molar refractivity (Wildman–Crippen MR) is 108 cm³/mol. The van der Waals surface area contributed by atoms with Crippen molar-refractivity contribution in [3.63, 3.8) is 0 Å². The highest BCUT2D eigenvalue weighted by Gasteiger charge is 2.10. The highest BCUT2D eigenvalue weighted by Crippen LogP contribution is 2.18. The predicted octanol–water partition coefficient (Wildman–Crippen LogP) is 4.06. The molecule has 5 nitrogen and oxygen atoms in total. The maximum Gasteiger partial charge on any atom is 0.233 e. The molecule has 0 saturated carbocycles. The van der Waals surface area contributed by atoms with E-state index >= 15 is 0 Å². The van der Waals surface area contributed by atoms with Gasteiger partial charge in [0.2, 0.25) is 11.8 Å². The van der Waals surface area contributed by atoms with Crippen LogP contribution in [0.15, 0.2) is 48.5 Å². The summed E-state index contributed by atoms with van der Waals surface area (Å²) < 4.78 is 0. The SMILES string of the molecule is CCc1ccc(NC(=O)CC(=O)Nc2ccc(N(CC)CC)cc2)cc1. The standard InChI is InChI=1S/C21H27N3O2/c1-4-16-7-9-17(10-8-16)22-20(25)15-21(26)23-18-11-13-19(14-12-18)24(5-2)6-3/h7-14H,4-6,15H2,1-3H3,(H,22,25)(H,23,26). The first-order chi connectivity index (χ1) is 12.5. The molecule has 0 aliphatic heterocycles. The molecule has 0 atom stereocenters. The van der Waals surface area contributed by atoms with Crippen molar-refractivity contribution in [1.82, 2.24) is 0 Å². The molecule has 0 aromatic heterocycles. The van der Waals surface area contributed by atoms with Gasteiger partial charge < -0.3 is 15.5 Å². The Morgan fingerprint density at radius 1 is 0.769 bits per heavy atom. The zero-order valence-electron chi connectivity index (χ0n) is 15.7. The largest absolute Gasteiger partial charge is 0.372 e. The van der Waals surface area contributed by atoms with E-state index in [0.717, 1.165) is 25.2 Å². The second-order valence-electron chi connectivity index (χ2n) is 6.04. The molecule has 26 heavy (non-hydrogen) atoms. The second-order valence-corrected chi connectivity index (χ2v) is 6.04. The van der Waals surface area contributed by atoms with Gasteiger partial charge in [0.25, 0.3) is 0 Å². The van der Waals surface area contributed by atoms with Gasteiger partial charge in [-0.15, -0.1) is 0 Å². The summed E-state index contributed by atoms with van der Waals surface area (Å²) in [5, 5.41) is 5.50. The zero-order valence-corrected chi connectivity index (χ0v) is 15.7. The summed E-state index contributed by atoms with van der Waals surface area (Å²) in [7, 11) is 0. The number of amides is 2. The number of carbonyl (C=O) groups is 2. The molecule has 2 aromatic carbocycles. The first kappa shape index (κ1) is 19.5. The van der Waals surface area contributed by atoms with Crippen molar-refractivity contribution in [2.45, 2.75) is 33.6 Å². The van der Waals surface area contributed by atoms with E-state index in [-0.39, 0.29) is 18.2 Å². The monoisotopic (exact) mass is 353 g/mol. The average molecular weight is 353 g/mol. The molecule has 0 aliphatic carbocycles. The third-order valence-corrected chi connectivity index (χ3v) is 4.25. The number of nitrogens with zero attached hydrogens (tertiary/aromatic N) is 1. The zero-order chi connectivity index (χ0) is 18.9. The molecule has 0 radical (unpaired) electrons. The third-order valence-electron chi connectivity index (χ3n) is 4.25. The van der Waals surface area contributed by atoms with Crippen LogP contribution in [-0.4, -0.2) is 24.9 Å². The summed E-state index contributed by atoms with van der Waals surface area (Å²) in [6, 6.07) is 15.3. The van der Waals surface area contributed by atoms with E-state index in [2.05, 4.69) is 36.3 Å². The van der Waals surface area contributed by atoms with Crippen LogP contribution in [0.2, 0.25) is 0 Å². The molecule has 0 saturated heterocycles. The van der Waals surface area contributed by atoms with E-state index in [9.17, 15) is 9.59 Å². The quantitative estimate of drug-likeness (QED) is 0.704. The molecule has 0 heterocycles. The molecule has 0 fully saturated rings. The van der Waals surface area contributed by atoms with E-state index in [0.29, 0.717) is 11.4 Å². The van der Waals surface area contributed by atoms with Crippen LogP contribution in [0.5, 0.6) is 0 Å². The lowest BCUT2D eigenvalue weighted by Crippen LogP contribution is -2.22. The Labute approximate surface area is 155 Å². The van der Waals surface area contributed by atoms with Gasteiger partial charge in [0, 0.05) is 30.2 Å². The van der Waals surface area contributed by atoms with Crippen LogP contribution in [0.25, 0.3) is 0 Å². The summed E-state index contributed by atoms with van der Waals surface area (Å²) in [6.45, 7) is 8.15. The van der Waals surface area contributed by atoms with Crippen molar-refractivity contribution in [3.8, 4) is 0 Å². The highest BCUT2D eigenvalue weighted by atomic mass is 16.2. The van der Waals surface area contributed by atoms with Crippen LogP contribution in [0.3, 0.4) is 0 Å². The first-order valence-electron chi connectivity index (χ1n) is 9.09. The smallest absolute Gasteiger partial charge is 0.233 e.